The van der Waals surface area contributed by atoms with Gasteiger partial charge in [-0.25, -0.2) is 0 Å². The predicted molar refractivity (Wildman–Crippen MR) is 117 cm³/mol. The Labute approximate surface area is 176 Å². The van der Waals surface area contributed by atoms with Gasteiger partial charge in [-0.05, 0) is 62.8 Å². The number of rotatable bonds is 8. The molecule has 0 spiro atoms. The summed E-state index contributed by atoms with van der Waals surface area (Å²) < 4.78 is 11.4. The van der Waals surface area contributed by atoms with Crippen molar-refractivity contribution in [3.8, 4) is 5.75 Å². The lowest BCUT2D eigenvalue weighted by molar-refractivity contribution is -0.155. The number of ether oxygens (including phenoxy) is 2. The van der Waals surface area contributed by atoms with Gasteiger partial charge in [-0.15, -0.1) is 23.5 Å². The fourth-order valence-electron chi connectivity index (χ4n) is 2.63. The lowest BCUT2D eigenvalue weighted by atomic mass is 10.2. The Bertz CT molecular complexity index is 637. The van der Waals surface area contributed by atoms with E-state index < -0.39 is 5.60 Å². The van der Waals surface area contributed by atoms with Crippen LogP contribution in [0.25, 0.3) is 0 Å². The molecule has 0 aliphatic carbocycles. The first-order valence-corrected chi connectivity index (χ1v) is 11.8. The van der Waals surface area contributed by atoms with Crippen LogP contribution in [-0.2, 0) is 14.3 Å². The summed E-state index contributed by atoms with van der Waals surface area (Å²) in [5.41, 5.74) is 0.823. The molecule has 0 bridgehead atoms. The predicted octanol–water partition coefficient (Wildman–Crippen LogP) is 4.51. The van der Waals surface area contributed by atoms with E-state index >= 15 is 0 Å². The van der Waals surface area contributed by atoms with Gasteiger partial charge in [0.2, 0.25) is 0 Å². The molecule has 0 unspecified atom stereocenters. The van der Waals surface area contributed by atoms with Gasteiger partial charge >= 0.3 is 5.97 Å². The highest BCUT2D eigenvalue weighted by Gasteiger charge is 2.18. The summed E-state index contributed by atoms with van der Waals surface area (Å²) in [4.78, 5) is 25.5. The topological polar surface area (TPSA) is 55.8 Å². The number of esters is 1. The largest absolute Gasteiger partial charge is 0.484 e. The van der Waals surface area contributed by atoms with E-state index in [1.165, 1.54) is 23.5 Å². The molecule has 7 heteroatoms. The van der Waals surface area contributed by atoms with Gasteiger partial charge in [0.15, 0.2) is 6.61 Å². The number of carbonyl (C=O) groups is 2. The normalized spacial score (nSPS) is 15.1. The Morgan fingerprint density at radius 3 is 2.39 bits per heavy atom. The Balaban J connectivity index is 1.68. The third-order valence-electron chi connectivity index (χ3n) is 4.06. The number of nitrogens with zero attached hydrogens (tertiary/aromatic N) is 1. The van der Waals surface area contributed by atoms with Gasteiger partial charge in [0.1, 0.15) is 11.4 Å². The molecule has 156 valence electrons. The number of thioether (sulfide) groups is 2. The third-order valence-corrected chi connectivity index (χ3v) is 7.08. The van der Waals surface area contributed by atoms with Crippen molar-refractivity contribution in [3.05, 3.63) is 29.8 Å². The molecule has 1 aromatic carbocycles. The van der Waals surface area contributed by atoms with E-state index in [1.54, 1.807) is 11.9 Å². The van der Waals surface area contributed by atoms with Crippen LogP contribution in [0.2, 0.25) is 0 Å². The average molecular weight is 426 g/mol. The van der Waals surface area contributed by atoms with Gasteiger partial charge in [0, 0.05) is 20.0 Å². The summed E-state index contributed by atoms with van der Waals surface area (Å²) in [7, 11) is 1.72. The van der Waals surface area contributed by atoms with Crippen LogP contribution in [0.1, 0.15) is 50.2 Å². The molecule has 1 aromatic rings. The molecule has 0 radical (unpaired) electrons. The first-order valence-electron chi connectivity index (χ1n) is 9.66. The first kappa shape index (κ1) is 22.9. The zero-order valence-corrected chi connectivity index (χ0v) is 18.9. The van der Waals surface area contributed by atoms with E-state index in [0.29, 0.717) is 29.7 Å². The minimum atomic E-state index is -0.476. The summed E-state index contributed by atoms with van der Waals surface area (Å²) in [6.45, 7) is 6.03. The molecule has 28 heavy (non-hydrogen) atoms. The van der Waals surface area contributed by atoms with Crippen LogP contribution in [0.15, 0.2) is 24.3 Å². The van der Waals surface area contributed by atoms with E-state index in [2.05, 4.69) is 12.1 Å². The second-order valence-corrected chi connectivity index (χ2v) is 10.5. The molecule has 1 heterocycles. The minimum Gasteiger partial charge on any atom is -0.484 e. The number of carbonyl (C=O) groups excluding carboxylic acids is 2. The number of hydrogen-bond acceptors (Lipinski definition) is 6. The molecule has 5 nitrogen and oxygen atoms in total. The van der Waals surface area contributed by atoms with E-state index in [1.807, 2.05) is 56.4 Å². The second-order valence-electron chi connectivity index (χ2n) is 7.79. The van der Waals surface area contributed by atoms with Crippen LogP contribution in [0.4, 0.5) is 0 Å². The molecule has 2 rings (SSSR count). The standard InChI is InChI=1S/C21H31NO4S2/c1-21(2,3)26-19(24)7-5-12-22(4)18(23)15-25-17-10-8-16(9-11-17)20-27-13-6-14-28-20/h8-11,20H,5-7,12-15H2,1-4H3. The monoisotopic (exact) mass is 425 g/mol. The van der Waals surface area contributed by atoms with Gasteiger partial charge < -0.3 is 14.4 Å². The molecule has 0 saturated carbocycles. The van der Waals surface area contributed by atoms with Gasteiger partial charge in [-0.2, -0.15) is 0 Å². The summed E-state index contributed by atoms with van der Waals surface area (Å²) in [6, 6.07) is 8.03. The molecule has 0 atom stereocenters. The highest BCUT2D eigenvalue weighted by Crippen LogP contribution is 2.43. The quantitative estimate of drug-likeness (QED) is 0.571. The maximum Gasteiger partial charge on any atom is 0.306 e. The zero-order chi connectivity index (χ0) is 20.6. The zero-order valence-electron chi connectivity index (χ0n) is 17.2. The lowest BCUT2D eigenvalue weighted by Crippen LogP contribution is -2.32. The number of benzene rings is 1. The number of likely N-dealkylation sites (N-methyl/N-ethyl adjacent to an activating group) is 1. The molecule has 1 aliphatic heterocycles. The highest BCUT2D eigenvalue weighted by molar-refractivity contribution is 8.16. The molecular formula is C21H31NO4S2. The summed E-state index contributed by atoms with van der Waals surface area (Å²) >= 11 is 3.97. The van der Waals surface area contributed by atoms with Crippen molar-refractivity contribution < 1.29 is 19.1 Å². The highest BCUT2D eigenvalue weighted by atomic mass is 32.2. The van der Waals surface area contributed by atoms with Crippen molar-refractivity contribution in [2.24, 2.45) is 0 Å². The van der Waals surface area contributed by atoms with Gasteiger partial charge in [0.25, 0.3) is 5.91 Å². The van der Waals surface area contributed by atoms with Crippen LogP contribution >= 0.6 is 23.5 Å². The summed E-state index contributed by atoms with van der Waals surface area (Å²) in [5, 5.41) is 0. The summed E-state index contributed by atoms with van der Waals surface area (Å²) in [5.74, 6) is 2.78. The van der Waals surface area contributed by atoms with Crippen molar-refractivity contribution in [1.82, 2.24) is 4.90 Å². The summed E-state index contributed by atoms with van der Waals surface area (Å²) in [6.07, 6.45) is 2.15. The van der Waals surface area contributed by atoms with Crippen LogP contribution in [0, 0.1) is 0 Å². The van der Waals surface area contributed by atoms with Gasteiger partial charge in [-0.3, -0.25) is 9.59 Å². The van der Waals surface area contributed by atoms with Crippen molar-refractivity contribution >= 4 is 35.4 Å². The molecule has 1 saturated heterocycles. The van der Waals surface area contributed by atoms with E-state index in [9.17, 15) is 9.59 Å². The Kier molecular flexibility index (Phi) is 9.02. The minimum absolute atomic E-state index is 0.00475. The van der Waals surface area contributed by atoms with Crippen molar-refractivity contribution in [3.63, 3.8) is 0 Å². The van der Waals surface area contributed by atoms with Crippen molar-refractivity contribution in [2.45, 2.75) is 50.2 Å². The molecule has 1 fully saturated rings. The third kappa shape index (κ3) is 8.35. The van der Waals surface area contributed by atoms with Crippen LogP contribution in [-0.4, -0.2) is 54.1 Å². The molecule has 0 aromatic heterocycles. The maximum absolute atomic E-state index is 12.2. The van der Waals surface area contributed by atoms with Crippen LogP contribution in [0.5, 0.6) is 5.75 Å². The van der Waals surface area contributed by atoms with Gasteiger partial charge in [0.05, 0.1) is 4.58 Å². The second kappa shape index (κ2) is 11.0. The Morgan fingerprint density at radius 1 is 1.14 bits per heavy atom. The molecule has 1 amide bonds. The number of amides is 1. The molecular weight excluding hydrogens is 394 g/mol. The maximum atomic E-state index is 12.2. The van der Waals surface area contributed by atoms with Crippen LogP contribution < -0.4 is 4.74 Å². The smallest absolute Gasteiger partial charge is 0.306 e. The van der Waals surface area contributed by atoms with Crippen LogP contribution in [0.3, 0.4) is 0 Å². The van der Waals surface area contributed by atoms with E-state index in [4.69, 9.17) is 9.47 Å². The molecule has 0 N–H and O–H groups in total. The van der Waals surface area contributed by atoms with Crippen molar-refractivity contribution in [2.75, 3.05) is 31.7 Å². The SMILES string of the molecule is CN(CCCC(=O)OC(C)(C)C)C(=O)COc1ccc(C2SCCCS2)cc1. The first-order chi connectivity index (χ1) is 13.2. The molecule has 1 aliphatic rings. The Hall–Kier alpha value is -1.34. The Morgan fingerprint density at radius 2 is 1.79 bits per heavy atom. The van der Waals surface area contributed by atoms with E-state index in [-0.39, 0.29) is 18.5 Å². The van der Waals surface area contributed by atoms with Gasteiger partial charge in [-0.1, -0.05) is 12.1 Å². The fraction of sp³-hybridized carbons (Fsp3) is 0.619. The average Bonchev–Trinajstić information content (AvgIpc) is 2.65. The van der Waals surface area contributed by atoms with E-state index in [0.717, 1.165) is 0 Å². The fourth-order valence-corrected chi connectivity index (χ4v) is 5.53. The lowest BCUT2D eigenvalue weighted by Gasteiger charge is -2.21. The number of hydrogen-bond donors (Lipinski definition) is 0. The van der Waals surface area contributed by atoms with Crippen molar-refractivity contribution in [1.29, 1.82) is 0 Å².